The molecule has 1 saturated heterocycles. The van der Waals surface area contributed by atoms with Crippen LogP contribution in [0.4, 0.5) is 0 Å². The summed E-state index contributed by atoms with van der Waals surface area (Å²) in [6.45, 7) is 3.98. The van der Waals surface area contributed by atoms with E-state index in [0.717, 1.165) is 30.8 Å². The first kappa shape index (κ1) is 14.1. The zero-order valence-electron chi connectivity index (χ0n) is 11.2. The molecule has 0 bridgehead atoms. The van der Waals surface area contributed by atoms with Gasteiger partial charge in [0.15, 0.2) is 0 Å². The molecule has 104 valence electrons. The van der Waals surface area contributed by atoms with Gasteiger partial charge in [-0.25, -0.2) is 0 Å². The molecule has 2 rings (SSSR count). The highest BCUT2D eigenvalue weighted by atomic mass is 32.1. The number of nitrogens with one attached hydrogen (secondary N) is 1. The molecule has 19 heavy (non-hydrogen) atoms. The van der Waals surface area contributed by atoms with Gasteiger partial charge in [0.25, 0.3) is 0 Å². The van der Waals surface area contributed by atoms with Crippen LogP contribution in [-0.4, -0.2) is 36.3 Å². The maximum Gasteiger partial charge on any atom is 0.241 e. The van der Waals surface area contributed by atoms with Crippen molar-refractivity contribution in [2.45, 2.75) is 26.2 Å². The summed E-state index contributed by atoms with van der Waals surface area (Å²) < 4.78 is 0. The number of hydrogen-bond acceptors (Lipinski definition) is 3. The van der Waals surface area contributed by atoms with Gasteiger partial charge in [0, 0.05) is 18.0 Å². The Hall–Kier alpha value is -1.36. The molecule has 2 amide bonds. The molecule has 0 aliphatic carbocycles. The van der Waals surface area contributed by atoms with Crippen LogP contribution in [0, 0.1) is 5.92 Å². The molecule has 1 aromatic heterocycles. The molecule has 5 heteroatoms. The van der Waals surface area contributed by atoms with Crippen molar-refractivity contribution < 1.29 is 9.59 Å². The number of likely N-dealkylation sites (tertiary alicyclic amines) is 1. The standard InChI is InChI=1S/C14H20N2O2S/c1-11-4-6-16(7-5-11)14(18)10-15-13(17)9-12-3-2-8-19-12/h2-3,8,11H,4-7,9-10H2,1H3,(H,15,17). The molecule has 1 aliphatic rings. The van der Waals surface area contributed by atoms with E-state index < -0.39 is 0 Å². The molecule has 0 saturated carbocycles. The van der Waals surface area contributed by atoms with Gasteiger partial charge in [-0.05, 0) is 30.2 Å². The quantitative estimate of drug-likeness (QED) is 0.912. The maximum atomic E-state index is 11.9. The van der Waals surface area contributed by atoms with Crippen molar-refractivity contribution in [3.8, 4) is 0 Å². The lowest BCUT2D eigenvalue weighted by Gasteiger charge is -2.30. The van der Waals surface area contributed by atoms with E-state index in [-0.39, 0.29) is 18.4 Å². The number of thiophene rings is 1. The van der Waals surface area contributed by atoms with Crippen molar-refractivity contribution in [1.82, 2.24) is 10.2 Å². The van der Waals surface area contributed by atoms with Crippen LogP contribution in [0.5, 0.6) is 0 Å². The van der Waals surface area contributed by atoms with Gasteiger partial charge in [0.2, 0.25) is 11.8 Å². The normalized spacial score (nSPS) is 16.4. The Bertz CT molecular complexity index is 423. The topological polar surface area (TPSA) is 49.4 Å². The molecule has 1 aromatic rings. The van der Waals surface area contributed by atoms with E-state index in [1.54, 1.807) is 11.3 Å². The van der Waals surface area contributed by atoms with Crippen molar-refractivity contribution in [1.29, 1.82) is 0 Å². The van der Waals surface area contributed by atoms with Crippen molar-refractivity contribution in [2.24, 2.45) is 5.92 Å². The molecule has 0 aromatic carbocycles. The molecule has 0 spiro atoms. The number of piperidine rings is 1. The summed E-state index contributed by atoms with van der Waals surface area (Å²) in [5.74, 6) is 0.657. The van der Waals surface area contributed by atoms with E-state index in [1.807, 2.05) is 22.4 Å². The Labute approximate surface area is 117 Å². The minimum atomic E-state index is -0.0822. The van der Waals surface area contributed by atoms with Crippen LogP contribution in [0.3, 0.4) is 0 Å². The van der Waals surface area contributed by atoms with Crippen LogP contribution in [-0.2, 0) is 16.0 Å². The summed E-state index contributed by atoms with van der Waals surface area (Å²) in [6.07, 6.45) is 2.49. The minimum absolute atomic E-state index is 0.0337. The average molecular weight is 280 g/mol. The van der Waals surface area contributed by atoms with E-state index in [2.05, 4.69) is 12.2 Å². The maximum absolute atomic E-state index is 11.9. The highest BCUT2D eigenvalue weighted by molar-refractivity contribution is 7.10. The van der Waals surface area contributed by atoms with Gasteiger partial charge in [-0.1, -0.05) is 13.0 Å². The summed E-state index contributed by atoms with van der Waals surface area (Å²) in [5.41, 5.74) is 0. The van der Waals surface area contributed by atoms with Crippen LogP contribution in [0.15, 0.2) is 17.5 Å². The third-order valence-electron chi connectivity index (χ3n) is 3.49. The monoisotopic (exact) mass is 280 g/mol. The highest BCUT2D eigenvalue weighted by Gasteiger charge is 2.20. The first-order valence-electron chi connectivity index (χ1n) is 6.72. The smallest absolute Gasteiger partial charge is 0.241 e. The van der Waals surface area contributed by atoms with Gasteiger partial charge in [-0.2, -0.15) is 0 Å². The van der Waals surface area contributed by atoms with E-state index in [1.165, 1.54) is 0 Å². The van der Waals surface area contributed by atoms with E-state index in [9.17, 15) is 9.59 Å². The average Bonchev–Trinajstić information content (AvgIpc) is 2.89. The molecule has 0 atom stereocenters. The molecule has 2 heterocycles. The second-order valence-corrected chi connectivity index (χ2v) is 6.13. The number of carbonyl (C=O) groups excluding carboxylic acids is 2. The minimum Gasteiger partial charge on any atom is -0.347 e. The summed E-state index contributed by atoms with van der Waals surface area (Å²) in [7, 11) is 0. The van der Waals surface area contributed by atoms with Gasteiger partial charge >= 0.3 is 0 Å². The predicted molar refractivity (Wildman–Crippen MR) is 76.0 cm³/mol. The summed E-state index contributed by atoms with van der Waals surface area (Å²) in [4.78, 5) is 26.5. The molecule has 1 aliphatic heterocycles. The molecular formula is C14H20N2O2S. The number of nitrogens with zero attached hydrogens (tertiary/aromatic N) is 1. The predicted octanol–water partition coefficient (Wildman–Crippen LogP) is 1.67. The second-order valence-electron chi connectivity index (χ2n) is 5.10. The van der Waals surface area contributed by atoms with Crippen LogP contribution < -0.4 is 5.32 Å². The molecule has 0 unspecified atom stereocenters. The Kier molecular flexibility index (Phi) is 4.96. The fraction of sp³-hybridized carbons (Fsp3) is 0.571. The number of hydrogen-bond donors (Lipinski definition) is 1. The Balaban J connectivity index is 1.70. The highest BCUT2D eigenvalue weighted by Crippen LogP contribution is 2.15. The van der Waals surface area contributed by atoms with Crippen LogP contribution in [0.25, 0.3) is 0 Å². The number of carbonyl (C=O) groups is 2. The molecule has 4 nitrogen and oxygen atoms in total. The van der Waals surface area contributed by atoms with Gasteiger partial charge < -0.3 is 10.2 Å². The Morgan fingerprint density at radius 3 is 2.79 bits per heavy atom. The lowest BCUT2D eigenvalue weighted by molar-refractivity contribution is -0.133. The first-order chi connectivity index (χ1) is 9.15. The lowest BCUT2D eigenvalue weighted by Crippen LogP contribution is -2.44. The molecule has 1 fully saturated rings. The summed E-state index contributed by atoms with van der Waals surface area (Å²) in [5, 5.41) is 4.65. The first-order valence-corrected chi connectivity index (χ1v) is 7.60. The SMILES string of the molecule is CC1CCN(C(=O)CNC(=O)Cc2cccs2)CC1. The fourth-order valence-corrected chi connectivity index (χ4v) is 2.88. The van der Waals surface area contributed by atoms with Crippen molar-refractivity contribution in [3.05, 3.63) is 22.4 Å². The Morgan fingerprint density at radius 2 is 2.16 bits per heavy atom. The second kappa shape index (κ2) is 6.70. The van der Waals surface area contributed by atoms with Crippen LogP contribution in [0.2, 0.25) is 0 Å². The van der Waals surface area contributed by atoms with E-state index >= 15 is 0 Å². The molecule has 1 N–H and O–H groups in total. The van der Waals surface area contributed by atoms with Crippen molar-refractivity contribution in [2.75, 3.05) is 19.6 Å². The van der Waals surface area contributed by atoms with Crippen LogP contribution in [0.1, 0.15) is 24.6 Å². The third kappa shape index (κ3) is 4.35. The number of rotatable bonds is 4. The largest absolute Gasteiger partial charge is 0.347 e. The molecule has 0 radical (unpaired) electrons. The van der Waals surface area contributed by atoms with Crippen molar-refractivity contribution >= 4 is 23.2 Å². The van der Waals surface area contributed by atoms with E-state index in [4.69, 9.17) is 0 Å². The summed E-state index contributed by atoms with van der Waals surface area (Å²) in [6, 6.07) is 3.85. The van der Waals surface area contributed by atoms with Crippen molar-refractivity contribution in [3.63, 3.8) is 0 Å². The van der Waals surface area contributed by atoms with Gasteiger partial charge in [0.05, 0.1) is 13.0 Å². The summed E-state index contributed by atoms with van der Waals surface area (Å²) >= 11 is 1.56. The third-order valence-corrected chi connectivity index (χ3v) is 4.36. The van der Waals surface area contributed by atoms with Gasteiger partial charge in [-0.3, -0.25) is 9.59 Å². The van der Waals surface area contributed by atoms with Gasteiger partial charge in [-0.15, -0.1) is 11.3 Å². The van der Waals surface area contributed by atoms with E-state index in [0.29, 0.717) is 12.3 Å². The van der Waals surface area contributed by atoms with Gasteiger partial charge in [0.1, 0.15) is 0 Å². The zero-order valence-corrected chi connectivity index (χ0v) is 12.0. The number of amides is 2. The fourth-order valence-electron chi connectivity index (χ4n) is 2.18. The van der Waals surface area contributed by atoms with Crippen LogP contribution >= 0.6 is 11.3 Å². The zero-order chi connectivity index (χ0) is 13.7. The lowest BCUT2D eigenvalue weighted by atomic mass is 9.99. The Morgan fingerprint density at radius 1 is 1.42 bits per heavy atom. The molecular weight excluding hydrogens is 260 g/mol.